The minimum Gasteiger partial charge on any atom is -0.341 e. The summed E-state index contributed by atoms with van der Waals surface area (Å²) in [5.41, 5.74) is 1.96. The molecular weight excluding hydrogens is 356 g/mol. The number of carbonyl (C=O) groups is 1. The van der Waals surface area contributed by atoms with Gasteiger partial charge in [0, 0.05) is 29.4 Å². The smallest absolute Gasteiger partial charge is 0.259 e. The van der Waals surface area contributed by atoms with Gasteiger partial charge in [-0.15, -0.1) is 0 Å². The lowest BCUT2D eigenvalue weighted by Gasteiger charge is -2.26. The number of benzene rings is 1. The van der Waals surface area contributed by atoms with Gasteiger partial charge in [-0.05, 0) is 50.5 Å². The van der Waals surface area contributed by atoms with Crippen LogP contribution in [-0.4, -0.2) is 29.0 Å². The first-order valence-corrected chi connectivity index (χ1v) is 8.58. The minimum absolute atomic E-state index is 0.185. The molecular formula is C17H19BrN4O. The van der Waals surface area contributed by atoms with Crippen LogP contribution in [0.1, 0.15) is 35.3 Å². The third-order valence-corrected chi connectivity index (χ3v) is 4.48. The molecule has 0 unspecified atom stereocenters. The van der Waals surface area contributed by atoms with E-state index in [1.807, 2.05) is 31.2 Å². The summed E-state index contributed by atoms with van der Waals surface area (Å²) in [5, 5.41) is 2.87. The van der Waals surface area contributed by atoms with Crippen molar-refractivity contribution in [2.75, 3.05) is 23.3 Å². The Bertz CT molecular complexity index is 696. The zero-order valence-electron chi connectivity index (χ0n) is 13.1. The van der Waals surface area contributed by atoms with Gasteiger partial charge in [-0.2, -0.15) is 0 Å². The van der Waals surface area contributed by atoms with Crippen LogP contribution in [0.2, 0.25) is 0 Å². The summed E-state index contributed by atoms with van der Waals surface area (Å²) in [7, 11) is 0. The van der Waals surface area contributed by atoms with Crippen molar-refractivity contribution in [3.8, 4) is 0 Å². The first kappa shape index (κ1) is 15.9. The lowest BCUT2D eigenvalue weighted by molar-refractivity contribution is 0.102. The molecule has 1 aliphatic rings. The predicted octanol–water partition coefficient (Wildman–Crippen LogP) is 3.79. The highest BCUT2D eigenvalue weighted by atomic mass is 79.9. The predicted molar refractivity (Wildman–Crippen MR) is 94.9 cm³/mol. The molecule has 0 aliphatic carbocycles. The number of carbonyl (C=O) groups excluding carboxylic acids is 1. The Morgan fingerprint density at radius 1 is 1.17 bits per heavy atom. The average Bonchev–Trinajstić information content (AvgIpc) is 2.57. The second-order valence-electron chi connectivity index (χ2n) is 5.68. The molecule has 0 saturated carbocycles. The summed E-state index contributed by atoms with van der Waals surface area (Å²) in [6, 6.07) is 7.47. The summed E-state index contributed by atoms with van der Waals surface area (Å²) in [5.74, 6) is 0.539. The average molecular weight is 375 g/mol. The van der Waals surface area contributed by atoms with E-state index in [1.54, 1.807) is 6.20 Å². The summed E-state index contributed by atoms with van der Waals surface area (Å²) in [6.45, 7) is 3.83. The molecule has 1 saturated heterocycles. The van der Waals surface area contributed by atoms with Crippen LogP contribution in [0.3, 0.4) is 0 Å². The van der Waals surface area contributed by atoms with Gasteiger partial charge < -0.3 is 10.2 Å². The molecule has 1 aromatic carbocycles. The molecule has 0 atom stereocenters. The Kier molecular flexibility index (Phi) is 4.91. The molecule has 1 N–H and O–H groups in total. The maximum atomic E-state index is 12.4. The molecule has 0 spiro atoms. The molecule has 5 nitrogen and oxygen atoms in total. The molecule has 0 bridgehead atoms. The van der Waals surface area contributed by atoms with E-state index < -0.39 is 0 Å². The van der Waals surface area contributed by atoms with Gasteiger partial charge in [0.25, 0.3) is 5.91 Å². The second-order valence-corrected chi connectivity index (χ2v) is 6.59. The van der Waals surface area contributed by atoms with Gasteiger partial charge in [0.15, 0.2) is 0 Å². The number of aryl methyl sites for hydroxylation is 1. The highest BCUT2D eigenvalue weighted by Crippen LogP contribution is 2.18. The van der Waals surface area contributed by atoms with E-state index in [-0.39, 0.29) is 5.91 Å². The standard InChI is InChI=1S/C17H19BrN4O/c1-12-15(16(23)21-14-7-5-13(18)6-8-14)11-19-17(20-12)22-9-3-2-4-10-22/h5-8,11H,2-4,9-10H2,1H3,(H,21,23). The Balaban J connectivity index is 1.74. The van der Waals surface area contributed by atoms with Crippen molar-refractivity contribution in [2.24, 2.45) is 0 Å². The summed E-state index contributed by atoms with van der Waals surface area (Å²) in [4.78, 5) is 23.5. The lowest BCUT2D eigenvalue weighted by Crippen LogP contribution is -2.31. The SMILES string of the molecule is Cc1nc(N2CCCCC2)ncc1C(=O)Nc1ccc(Br)cc1. The van der Waals surface area contributed by atoms with Gasteiger partial charge in [-0.25, -0.2) is 9.97 Å². The van der Waals surface area contributed by atoms with Crippen LogP contribution >= 0.6 is 15.9 Å². The van der Waals surface area contributed by atoms with Gasteiger partial charge in [-0.1, -0.05) is 15.9 Å². The number of piperidine rings is 1. The number of anilines is 2. The zero-order chi connectivity index (χ0) is 16.2. The molecule has 23 heavy (non-hydrogen) atoms. The van der Waals surface area contributed by atoms with Crippen LogP contribution < -0.4 is 10.2 Å². The third-order valence-electron chi connectivity index (χ3n) is 3.95. The molecule has 120 valence electrons. The number of aromatic nitrogens is 2. The Morgan fingerprint density at radius 2 is 1.87 bits per heavy atom. The van der Waals surface area contributed by atoms with Gasteiger partial charge >= 0.3 is 0 Å². The Morgan fingerprint density at radius 3 is 2.52 bits per heavy atom. The van der Waals surface area contributed by atoms with Crippen LogP contribution in [-0.2, 0) is 0 Å². The van der Waals surface area contributed by atoms with Crippen LogP contribution in [0.25, 0.3) is 0 Å². The molecule has 1 fully saturated rings. The first-order chi connectivity index (χ1) is 11.1. The molecule has 6 heteroatoms. The number of halogens is 1. The molecule has 2 heterocycles. The van der Waals surface area contributed by atoms with Crippen molar-refractivity contribution in [1.82, 2.24) is 9.97 Å². The number of nitrogens with one attached hydrogen (secondary N) is 1. The Hall–Kier alpha value is -1.95. The molecule has 1 aromatic heterocycles. The van der Waals surface area contributed by atoms with E-state index in [4.69, 9.17) is 0 Å². The van der Waals surface area contributed by atoms with Crippen LogP contribution in [0, 0.1) is 6.92 Å². The van der Waals surface area contributed by atoms with Gasteiger partial charge in [-0.3, -0.25) is 4.79 Å². The molecule has 1 amide bonds. The number of rotatable bonds is 3. The molecule has 1 aliphatic heterocycles. The summed E-state index contributed by atoms with van der Waals surface area (Å²) < 4.78 is 0.973. The van der Waals surface area contributed by atoms with Gasteiger partial charge in [0.1, 0.15) is 0 Å². The van der Waals surface area contributed by atoms with E-state index in [9.17, 15) is 4.79 Å². The normalized spacial score (nSPS) is 14.6. The summed E-state index contributed by atoms with van der Waals surface area (Å²) >= 11 is 3.38. The van der Waals surface area contributed by atoms with Crippen molar-refractivity contribution < 1.29 is 4.79 Å². The summed E-state index contributed by atoms with van der Waals surface area (Å²) in [6.07, 6.45) is 5.24. The van der Waals surface area contributed by atoms with Crippen molar-refractivity contribution >= 4 is 33.5 Å². The molecule has 2 aromatic rings. The van der Waals surface area contributed by atoms with E-state index in [0.29, 0.717) is 11.3 Å². The molecule has 0 radical (unpaired) electrons. The van der Waals surface area contributed by atoms with E-state index in [0.717, 1.165) is 29.2 Å². The van der Waals surface area contributed by atoms with Crippen molar-refractivity contribution in [3.63, 3.8) is 0 Å². The fourth-order valence-corrected chi connectivity index (χ4v) is 2.92. The third kappa shape index (κ3) is 3.88. The maximum Gasteiger partial charge on any atom is 0.259 e. The van der Waals surface area contributed by atoms with Crippen molar-refractivity contribution in [2.45, 2.75) is 26.2 Å². The van der Waals surface area contributed by atoms with Crippen LogP contribution in [0.15, 0.2) is 34.9 Å². The quantitative estimate of drug-likeness (QED) is 0.887. The van der Waals surface area contributed by atoms with Crippen molar-refractivity contribution in [1.29, 1.82) is 0 Å². The highest BCUT2D eigenvalue weighted by molar-refractivity contribution is 9.10. The van der Waals surface area contributed by atoms with E-state index >= 15 is 0 Å². The topological polar surface area (TPSA) is 58.1 Å². The number of nitrogens with zero attached hydrogens (tertiary/aromatic N) is 3. The van der Waals surface area contributed by atoms with Crippen LogP contribution in [0.5, 0.6) is 0 Å². The van der Waals surface area contributed by atoms with Gasteiger partial charge in [0.05, 0.1) is 11.3 Å². The van der Waals surface area contributed by atoms with Crippen molar-refractivity contribution in [3.05, 3.63) is 46.2 Å². The largest absolute Gasteiger partial charge is 0.341 e. The van der Waals surface area contributed by atoms with Crippen LogP contribution in [0.4, 0.5) is 11.6 Å². The van der Waals surface area contributed by atoms with E-state index in [1.165, 1.54) is 19.3 Å². The number of hydrogen-bond donors (Lipinski definition) is 1. The Labute approximate surface area is 144 Å². The maximum absolute atomic E-state index is 12.4. The fourth-order valence-electron chi connectivity index (χ4n) is 2.66. The second kappa shape index (κ2) is 7.08. The fraction of sp³-hybridized carbons (Fsp3) is 0.353. The number of hydrogen-bond acceptors (Lipinski definition) is 4. The minimum atomic E-state index is -0.185. The highest BCUT2D eigenvalue weighted by Gasteiger charge is 2.17. The monoisotopic (exact) mass is 374 g/mol. The number of amides is 1. The zero-order valence-corrected chi connectivity index (χ0v) is 14.6. The van der Waals surface area contributed by atoms with Gasteiger partial charge in [0.2, 0.25) is 5.95 Å². The van der Waals surface area contributed by atoms with E-state index in [2.05, 4.69) is 36.1 Å². The molecule has 3 rings (SSSR count). The first-order valence-electron chi connectivity index (χ1n) is 7.79. The lowest BCUT2D eigenvalue weighted by atomic mass is 10.1.